The van der Waals surface area contributed by atoms with Crippen molar-refractivity contribution in [2.75, 3.05) is 0 Å². The van der Waals surface area contributed by atoms with Crippen LogP contribution in [0.15, 0.2) is 83.9 Å². The van der Waals surface area contributed by atoms with Crippen LogP contribution in [0.25, 0.3) is 5.57 Å². The van der Waals surface area contributed by atoms with Gasteiger partial charge in [-0.15, -0.1) is 0 Å². The van der Waals surface area contributed by atoms with E-state index >= 15 is 0 Å². The number of benzene rings is 2. The third kappa shape index (κ3) is 4.24. The van der Waals surface area contributed by atoms with Gasteiger partial charge in [-0.05, 0) is 73.1 Å². The van der Waals surface area contributed by atoms with Crippen LogP contribution in [0, 0.1) is 6.92 Å². The molecule has 1 aliphatic carbocycles. The number of nitrogens with zero attached hydrogens (tertiary/aromatic N) is 1. The molecule has 0 heterocycles. The second kappa shape index (κ2) is 7.94. The van der Waals surface area contributed by atoms with E-state index in [1.54, 1.807) is 0 Å². The second-order valence-electron chi connectivity index (χ2n) is 6.54. The topological polar surface area (TPSA) is 12.4 Å². The lowest BCUT2D eigenvalue weighted by molar-refractivity contribution is 0.875. The Morgan fingerprint density at radius 2 is 1.80 bits per heavy atom. The molecule has 0 saturated carbocycles. The standard InChI is InChI=1S/C24H25N/c1-18-17-23(19(2)21-11-7-4-5-8-12-21)15-16-24(18)25-20(3)22-13-9-6-10-14-22/h6-7,9-17H,2,4-5,8H2,1,3H3. The van der Waals surface area contributed by atoms with Gasteiger partial charge in [-0.3, -0.25) is 4.99 Å². The fourth-order valence-corrected chi connectivity index (χ4v) is 3.06. The lowest BCUT2D eigenvalue weighted by atomic mass is 9.96. The van der Waals surface area contributed by atoms with E-state index in [0.717, 1.165) is 35.4 Å². The van der Waals surface area contributed by atoms with Gasteiger partial charge in [0.25, 0.3) is 0 Å². The smallest absolute Gasteiger partial charge is 0.0662 e. The van der Waals surface area contributed by atoms with Gasteiger partial charge >= 0.3 is 0 Å². The largest absolute Gasteiger partial charge is 0.253 e. The Bertz CT molecular complexity index is 851. The summed E-state index contributed by atoms with van der Waals surface area (Å²) < 4.78 is 0. The molecular weight excluding hydrogens is 302 g/mol. The number of aliphatic imine (C=N–C) groups is 1. The molecule has 2 aromatic rings. The Hall–Kier alpha value is -2.67. The Morgan fingerprint density at radius 1 is 1.00 bits per heavy atom. The predicted molar refractivity (Wildman–Crippen MR) is 110 cm³/mol. The zero-order valence-corrected chi connectivity index (χ0v) is 15.1. The highest BCUT2D eigenvalue weighted by atomic mass is 14.7. The summed E-state index contributed by atoms with van der Waals surface area (Å²) in [6.07, 6.45) is 10.2. The maximum atomic E-state index is 4.82. The van der Waals surface area contributed by atoms with Crippen LogP contribution >= 0.6 is 0 Å². The van der Waals surface area contributed by atoms with Crippen LogP contribution in [0.3, 0.4) is 0 Å². The lowest BCUT2D eigenvalue weighted by Gasteiger charge is -2.10. The molecule has 0 spiro atoms. The van der Waals surface area contributed by atoms with Crippen LogP contribution in [-0.4, -0.2) is 5.71 Å². The van der Waals surface area contributed by atoms with Crippen molar-refractivity contribution in [2.24, 2.45) is 4.99 Å². The van der Waals surface area contributed by atoms with E-state index in [4.69, 9.17) is 4.99 Å². The highest BCUT2D eigenvalue weighted by Gasteiger charge is 2.07. The minimum absolute atomic E-state index is 1.02. The van der Waals surface area contributed by atoms with E-state index < -0.39 is 0 Å². The molecule has 1 aliphatic rings. The fourth-order valence-electron chi connectivity index (χ4n) is 3.06. The fraction of sp³-hybridized carbons (Fsp3) is 0.208. The first-order chi connectivity index (χ1) is 12.1. The van der Waals surface area contributed by atoms with Gasteiger partial charge in [-0.2, -0.15) is 0 Å². The molecule has 0 radical (unpaired) electrons. The zero-order chi connectivity index (χ0) is 17.6. The molecule has 25 heavy (non-hydrogen) atoms. The van der Waals surface area contributed by atoms with Gasteiger partial charge < -0.3 is 0 Å². The van der Waals surface area contributed by atoms with Crippen LogP contribution in [0.5, 0.6) is 0 Å². The maximum absolute atomic E-state index is 4.82. The van der Waals surface area contributed by atoms with Crippen LogP contribution in [-0.2, 0) is 0 Å². The minimum Gasteiger partial charge on any atom is -0.253 e. The van der Waals surface area contributed by atoms with Crippen LogP contribution in [0.2, 0.25) is 0 Å². The predicted octanol–water partition coefficient (Wildman–Crippen LogP) is 6.82. The van der Waals surface area contributed by atoms with E-state index in [1.165, 1.54) is 23.1 Å². The molecule has 0 fully saturated rings. The third-order valence-electron chi connectivity index (χ3n) is 4.61. The number of aryl methyl sites for hydroxylation is 1. The first kappa shape index (κ1) is 17.2. The summed E-state index contributed by atoms with van der Waals surface area (Å²) >= 11 is 0. The number of rotatable bonds is 4. The summed E-state index contributed by atoms with van der Waals surface area (Å²) in [6.45, 7) is 8.49. The number of hydrogen-bond donors (Lipinski definition) is 0. The Labute approximate surface area is 151 Å². The molecule has 0 aromatic heterocycles. The minimum atomic E-state index is 1.02. The average Bonchev–Trinajstić information content (AvgIpc) is 2.93. The highest BCUT2D eigenvalue weighted by Crippen LogP contribution is 2.29. The molecule has 0 amide bonds. The maximum Gasteiger partial charge on any atom is 0.0662 e. The number of hydrogen-bond acceptors (Lipinski definition) is 1. The third-order valence-corrected chi connectivity index (χ3v) is 4.61. The van der Waals surface area contributed by atoms with Gasteiger partial charge in [0, 0.05) is 5.71 Å². The van der Waals surface area contributed by atoms with Crippen molar-refractivity contribution in [3.63, 3.8) is 0 Å². The molecule has 0 saturated heterocycles. The molecule has 0 aliphatic heterocycles. The molecule has 0 N–H and O–H groups in total. The Morgan fingerprint density at radius 3 is 2.56 bits per heavy atom. The van der Waals surface area contributed by atoms with Gasteiger partial charge in [-0.25, -0.2) is 0 Å². The van der Waals surface area contributed by atoms with E-state index in [9.17, 15) is 0 Å². The molecule has 126 valence electrons. The molecule has 2 aromatic carbocycles. The molecule has 1 heteroatoms. The molecule has 0 unspecified atom stereocenters. The Kier molecular flexibility index (Phi) is 5.45. The van der Waals surface area contributed by atoms with Crippen LogP contribution < -0.4 is 0 Å². The molecule has 1 nitrogen and oxygen atoms in total. The van der Waals surface area contributed by atoms with Crippen molar-refractivity contribution in [3.05, 3.63) is 95.6 Å². The van der Waals surface area contributed by atoms with Crippen molar-refractivity contribution >= 4 is 17.0 Å². The zero-order valence-electron chi connectivity index (χ0n) is 15.1. The SMILES string of the molecule is C=C(C1=CCCCC=C1)c1ccc(N=C(C)c2ccccc2)c(C)c1. The number of allylic oxidation sites excluding steroid dienone is 5. The van der Waals surface area contributed by atoms with E-state index in [0.29, 0.717) is 0 Å². The van der Waals surface area contributed by atoms with Crippen LogP contribution in [0.4, 0.5) is 5.69 Å². The van der Waals surface area contributed by atoms with E-state index in [1.807, 2.05) is 18.2 Å². The Balaban J connectivity index is 1.86. The quantitative estimate of drug-likeness (QED) is 0.547. The van der Waals surface area contributed by atoms with Crippen molar-refractivity contribution < 1.29 is 0 Å². The van der Waals surface area contributed by atoms with E-state index in [2.05, 4.69) is 69.0 Å². The van der Waals surface area contributed by atoms with E-state index in [-0.39, 0.29) is 0 Å². The summed E-state index contributed by atoms with van der Waals surface area (Å²) in [5.74, 6) is 0. The first-order valence-corrected chi connectivity index (χ1v) is 8.93. The molecule has 3 rings (SSSR count). The second-order valence-corrected chi connectivity index (χ2v) is 6.54. The summed E-state index contributed by atoms with van der Waals surface area (Å²) in [4.78, 5) is 4.82. The molecule has 0 bridgehead atoms. The van der Waals surface area contributed by atoms with Crippen molar-refractivity contribution in [2.45, 2.75) is 33.1 Å². The van der Waals surface area contributed by atoms with Gasteiger partial charge in [0.05, 0.1) is 5.69 Å². The van der Waals surface area contributed by atoms with Crippen molar-refractivity contribution in [3.8, 4) is 0 Å². The van der Waals surface area contributed by atoms with Gasteiger partial charge in [0.2, 0.25) is 0 Å². The normalized spacial score (nSPS) is 14.8. The lowest BCUT2D eigenvalue weighted by Crippen LogP contribution is -1.94. The highest BCUT2D eigenvalue weighted by molar-refractivity contribution is 6.00. The monoisotopic (exact) mass is 327 g/mol. The summed E-state index contributed by atoms with van der Waals surface area (Å²) in [5, 5.41) is 0. The van der Waals surface area contributed by atoms with Crippen molar-refractivity contribution in [1.29, 1.82) is 0 Å². The summed E-state index contributed by atoms with van der Waals surface area (Å²) in [6, 6.07) is 16.7. The van der Waals surface area contributed by atoms with Gasteiger partial charge in [0.15, 0.2) is 0 Å². The van der Waals surface area contributed by atoms with Crippen molar-refractivity contribution in [1.82, 2.24) is 0 Å². The summed E-state index contributed by atoms with van der Waals surface area (Å²) in [5.41, 5.74) is 7.89. The molecule has 0 atom stereocenters. The van der Waals surface area contributed by atoms with Crippen LogP contribution in [0.1, 0.15) is 42.9 Å². The average molecular weight is 327 g/mol. The van der Waals surface area contributed by atoms with Gasteiger partial charge in [-0.1, -0.05) is 61.2 Å². The first-order valence-electron chi connectivity index (χ1n) is 8.93. The molecular formula is C24H25N. The van der Waals surface area contributed by atoms with Gasteiger partial charge in [0.1, 0.15) is 0 Å². The summed E-state index contributed by atoms with van der Waals surface area (Å²) in [7, 11) is 0.